The number of aromatic nitrogens is 4. The second-order valence-electron chi connectivity index (χ2n) is 13.3. The molecule has 6 aromatic carbocycles. The van der Waals surface area contributed by atoms with Crippen molar-refractivity contribution in [2.45, 2.75) is 13.8 Å². The van der Waals surface area contributed by atoms with E-state index in [1.807, 2.05) is 18.2 Å². The summed E-state index contributed by atoms with van der Waals surface area (Å²) < 4.78 is 27.4. The fraction of sp³-hybridized carbons (Fsp3) is 0.0400. The zero-order chi connectivity index (χ0) is 39.6. The minimum Gasteiger partial charge on any atom is -0.332 e. The first-order chi connectivity index (χ1) is 28.3. The van der Waals surface area contributed by atoms with Gasteiger partial charge < -0.3 is 14.1 Å². The van der Waals surface area contributed by atoms with Crippen LogP contribution in [0.15, 0.2) is 182 Å². The van der Waals surface area contributed by atoms with Crippen LogP contribution < -0.4 is 0 Å². The van der Waals surface area contributed by atoms with E-state index in [1.165, 1.54) is 38.7 Å². The molecule has 0 N–H and O–H groups in total. The second kappa shape index (κ2) is 16.3. The van der Waals surface area contributed by atoms with Crippen LogP contribution in [0.5, 0.6) is 0 Å². The summed E-state index contributed by atoms with van der Waals surface area (Å²) in [4.78, 5) is 9.42. The van der Waals surface area contributed by atoms with Crippen molar-refractivity contribution in [3.63, 3.8) is 0 Å². The first kappa shape index (κ1) is 33.2. The molecule has 273 valence electrons. The van der Waals surface area contributed by atoms with Gasteiger partial charge in [0, 0.05) is 59.6 Å². The molecule has 0 bridgehead atoms. The number of fused-ring (bicyclic) bond motifs is 2. The maximum absolute atomic E-state index is 7.23. The van der Waals surface area contributed by atoms with E-state index in [9.17, 15) is 0 Å². The predicted octanol–water partition coefficient (Wildman–Crippen LogP) is 13.0. The molecule has 0 aliphatic carbocycles. The molecule has 0 aliphatic rings. The number of thiophene rings is 1. The second-order valence-corrected chi connectivity index (χ2v) is 14.1. The number of benzene rings is 6. The third kappa shape index (κ3) is 7.30. The van der Waals surface area contributed by atoms with E-state index < -0.39 is 6.85 Å². The van der Waals surface area contributed by atoms with Gasteiger partial charge >= 0.3 is 0 Å². The van der Waals surface area contributed by atoms with Gasteiger partial charge in [-0.2, -0.15) is 0 Å². The summed E-state index contributed by atoms with van der Waals surface area (Å²) in [6, 6.07) is 58.9. The maximum atomic E-state index is 7.23. The summed E-state index contributed by atoms with van der Waals surface area (Å²) in [7, 11) is 0. The van der Waals surface area contributed by atoms with Crippen LogP contribution in [-0.2, 0) is 20.1 Å². The molecule has 0 unspecified atom stereocenters. The SMILES string of the molecule is Cc1cc(-c2ccccc2)c(-n2c(-c3[c-]sc4ccc(-n5cccc5)cc34)nc3ccccc32)c(-c2ccccc2)c1.[2H]C([2H])([2H])c1ccc(-c2[c-]cccc2)nc1.[Ir]. The summed E-state index contributed by atoms with van der Waals surface area (Å²) in [6.45, 7) is 0.0878. The average molecular weight is 920 g/mol. The van der Waals surface area contributed by atoms with Gasteiger partial charge in [-0.3, -0.25) is 16.3 Å². The molecule has 4 heterocycles. The molecule has 0 aliphatic heterocycles. The summed E-state index contributed by atoms with van der Waals surface area (Å²) >= 11 is 1.64. The Morgan fingerprint density at radius 1 is 0.679 bits per heavy atom. The monoisotopic (exact) mass is 920 g/mol. The normalized spacial score (nSPS) is 11.9. The molecule has 10 aromatic rings. The molecule has 0 fully saturated rings. The Balaban J connectivity index is 0.000000240. The molecule has 56 heavy (non-hydrogen) atoms. The van der Waals surface area contributed by atoms with Gasteiger partial charge in [-0.1, -0.05) is 113 Å². The number of imidazole rings is 1. The molecule has 0 spiro atoms. The minimum atomic E-state index is -2.09. The van der Waals surface area contributed by atoms with E-state index >= 15 is 0 Å². The van der Waals surface area contributed by atoms with Gasteiger partial charge in [0.05, 0.1) is 22.5 Å². The third-order valence-corrected chi connectivity index (χ3v) is 10.5. The van der Waals surface area contributed by atoms with E-state index in [4.69, 9.17) is 9.10 Å². The van der Waals surface area contributed by atoms with Crippen molar-refractivity contribution in [2.75, 3.05) is 0 Å². The number of nitrogens with zero attached hydrogens (tertiary/aromatic N) is 4. The zero-order valence-corrected chi connectivity index (χ0v) is 33.6. The maximum Gasteiger partial charge on any atom is 0.0774 e. The van der Waals surface area contributed by atoms with Crippen LogP contribution >= 0.6 is 11.3 Å². The first-order valence-corrected chi connectivity index (χ1v) is 18.9. The quantitative estimate of drug-likeness (QED) is 0.156. The van der Waals surface area contributed by atoms with Gasteiger partial charge in [0.2, 0.25) is 0 Å². The molecule has 0 saturated carbocycles. The van der Waals surface area contributed by atoms with Gasteiger partial charge in [-0.25, -0.2) is 0 Å². The molecule has 0 amide bonds. The van der Waals surface area contributed by atoms with E-state index in [2.05, 4.69) is 172 Å². The molecule has 10 rings (SSSR count). The van der Waals surface area contributed by atoms with Crippen molar-refractivity contribution in [1.82, 2.24) is 19.1 Å². The third-order valence-electron chi connectivity index (χ3n) is 9.58. The number of hydrogen-bond donors (Lipinski definition) is 0. The predicted molar refractivity (Wildman–Crippen MR) is 229 cm³/mol. The number of aryl methyl sites for hydroxylation is 2. The standard InChI is InChI=1S/C38H26N3S.C12H10N.Ir/c1-26-22-30(27-12-4-2-5-13-27)37(31(23-26)28-14-6-3-7-15-28)41-35-17-9-8-16-34(35)39-38(41)33-25-42-36-19-18-29(24-32(33)36)40-20-10-11-21-40;1-10-7-8-12(13-9-10)11-5-3-2-4-6-11;/h2-24H,1H3;2-5,7-9H,1H3;/q2*-1;/i;1D3;. The Hall–Kier alpha value is -6.17. The van der Waals surface area contributed by atoms with Crippen LogP contribution in [-0.4, -0.2) is 19.1 Å². The van der Waals surface area contributed by atoms with Crippen LogP contribution in [0.1, 0.15) is 15.2 Å². The van der Waals surface area contributed by atoms with Crippen molar-refractivity contribution in [2.24, 2.45) is 0 Å². The smallest absolute Gasteiger partial charge is 0.0774 e. The van der Waals surface area contributed by atoms with Crippen LogP contribution in [0.2, 0.25) is 0 Å². The molecule has 1 radical (unpaired) electrons. The van der Waals surface area contributed by atoms with E-state index in [1.54, 1.807) is 29.5 Å². The Morgan fingerprint density at radius 3 is 2.04 bits per heavy atom. The number of hydrogen-bond acceptors (Lipinski definition) is 3. The summed E-state index contributed by atoms with van der Waals surface area (Å²) in [5, 5.41) is 4.80. The van der Waals surface area contributed by atoms with Crippen molar-refractivity contribution in [1.29, 1.82) is 0 Å². The number of pyridine rings is 1. The van der Waals surface area contributed by atoms with Crippen LogP contribution in [0.4, 0.5) is 0 Å². The summed E-state index contributed by atoms with van der Waals surface area (Å²) in [6.07, 6.45) is 5.55. The Bertz CT molecular complexity index is 2920. The summed E-state index contributed by atoms with van der Waals surface area (Å²) in [5.41, 5.74) is 13.0. The fourth-order valence-electron chi connectivity index (χ4n) is 7.02. The van der Waals surface area contributed by atoms with Gasteiger partial charge in [0.1, 0.15) is 0 Å². The number of para-hydroxylation sites is 2. The molecule has 6 heteroatoms. The topological polar surface area (TPSA) is 35.6 Å². The summed E-state index contributed by atoms with van der Waals surface area (Å²) in [5.74, 6) is 0.894. The first-order valence-electron chi connectivity index (χ1n) is 19.6. The minimum absolute atomic E-state index is 0. The molecule has 0 atom stereocenters. The average Bonchev–Trinajstić information content (AvgIpc) is 4.04. The molecule has 0 saturated heterocycles. The van der Waals surface area contributed by atoms with Crippen LogP contribution in [0.25, 0.3) is 77.4 Å². The Morgan fingerprint density at radius 2 is 1.38 bits per heavy atom. The van der Waals surface area contributed by atoms with E-state index in [-0.39, 0.29) is 25.7 Å². The largest absolute Gasteiger partial charge is 0.332 e. The molecule has 4 aromatic heterocycles. The molecule has 4 nitrogen and oxygen atoms in total. The van der Waals surface area contributed by atoms with Crippen molar-refractivity contribution < 1.29 is 24.2 Å². The van der Waals surface area contributed by atoms with Gasteiger partial charge in [0.15, 0.2) is 0 Å². The van der Waals surface area contributed by atoms with Crippen molar-refractivity contribution in [3.05, 3.63) is 205 Å². The van der Waals surface area contributed by atoms with E-state index in [0.717, 1.165) is 50.4 Å². The van der Waals surface area contributed by atoms with Gasteiger partial charge in [-0.05, 0) is 84.2 Å². The van der Waals surface area contributed by atoms with Gasteiger partial charge in [-0.15, -0.1) is 41.3 Å². The van der Waals surface area contributed by atoms with Crippen molar-refractivity contribution in [3.8, 4) is 56.3 Å². The van der Waals surface area contributed by atoms with Gasteiger partial charge in [0.25, 0.3) is 0 Å². The molecular formula is C50H36IrN4S-2. The Kier molecular flexibility index (Phi) is 9.65. The van der Waals surface area contributed by atoms with Crippen LogP contribution in [0.3, 0.4) is 0 Å². The number of rotatable bonds is 6. The fourth-order valence-corrected chi connectivity index (χ4v) is 7.84. The van der Waals surface area contributed by atoms with Crippen molar-refractivity contribution >= 4 is 32.5 Å². The zero-order valence-electron chi connectivity index (χ0n) is 33.4. The Labute approximate surface area is 349 Å². The molecular weight excluding hydrogens is 881 g/mol. The van der Waals surface area contributed by atoms with Crippen LogP contribution in [0, 0.1) is 25.2 Å². The van der Waals surface area contributed by atoms with E-state index in [0.29, 0.717) is 0 Å².